The molecule has 0 radical (unpaired) electrons. The van der Waals surface area contributed by atoms with Crippen molar-refractivity contribution in [2.24, 2.45) is 0 Å². The number of benzene rings is 1. The van der Waals surface area contributed by atoms with Gasteiger partial charge in [-0.15, -0.1) is 11.3 Å². The Morgan fingerprint density at radius 2 is 2.10 bits per heavy atom. The minimum Gasteiger partial charge on any atom is -0.452 e. The van der Waals surface area contributed by atoms with Gasteiger partial charge in [0.05, 0.1) is 0 Å². The fourth-order valence-corrected chi connectivity index (χ4v) is 3.77. The van der Waals surface area contributed by atoms with Crippen molar-refractivity contribution in [1.82, 2.24) is 9.55 Å². The minimum absolute atomic E-state index is 0.382. The molecule has 0 aliphatic carbocycles. The van der Waals surface area contributed by atoms with Crippen LogP contribution in [0.15, 0.2) is 41.9 Å². The zero-order chi connectivity index (χ0) is 21.0. The first-order valence-corrected chi connectivity index (χ1v) is 10.1. The second-order valence-electron chi connectivity index (χ2n) is 6.38. The van der Waals surface area contributed by atoms with E-state index in [4.69, 9.17) is 16.3 Å². The van der Waals surface area contributed by atoms with Crippen LogP contribution in [0.1, 0.15) is 22.5 Å². The smallest absolute Gasteiger partial charge is 0.331 e. The molecule has 0 spiro atoms. The molecule has 0 bridgehead atoms. The number of rotatable bonds is 6. The largest absolute Gasteiger partial charge is 0.452 e. The molecule has 29 heavy (non-hydrogen) atoms. The number of nitrogens with one attached hydrogen (secondary N) is 1. The molecule has 2 aromatic heterocycles. The van der Waals surface area contributed by atoms with E-state index < -0.39 is 11.9 Å². The third-order valence-corrected chi connectivity index (χ3v) is 5.53. The molecule has 0 aliphatic heterocycles. The van der Waals surface area contributed by atoms with Crippen LogP contribution in [0, 0.1) is 20.8 Å². The van der Waals surface area contributed by atoms with Gasteiger partial charge >= 0.3 is 5.97 Å². The highest BCUT2D eigenvalue weighted by molar-refractivity contribution is 7.12. The number of ether oxygens (including phenoxy) is 1. The first kappa shape index (κ1) is 20.8. The fourth-order valence-electron chi connectivity index (χ4n) is 2.85. The van der Waals surface area contributed by atoms with Crippen molar-refractivity contribution >= 4 is 46.6 Å². The van der Waals surface area contributed by atoms with Crippen molar-refractivity contribution in [2.75, 3.05) is 11.9 Å². The summed E-state index contributed by atoms with van der Waals surface area (Å²) in [6.07, 6.45) is 4.74. The highest BCUT2D eigenvalue weighted by atomic mass is 35.5. The van der Waals surface area contributed by atoms with Gasteiger partial charge in [-0.25, -0.2) is 9.78 Å². The Balaban J connectivity index is 1.58. The van der Waals surface area contributed by atoms with Crippen LogP contribution >= 0.6 is 22.9 Å². The second-order valence-corrected chi connectivity index (χ2v) is 7.66. The van der Waals surface area contributed by atoms with Crippen LogP contribution < -0.4 is 5.32 Å². The number of carbonyl (C=O) groups is 2. The van der Waals surface area contributed by atoms with Crippen molar-refractivity contribution in [1.29, 1.82) is 0 Å². The summed E-state index contributed by atoms with van der Waals surface area (Å²) in [5, 5.41) is 6.02. The van der Waals surface area contributed by atoms with Crippen LogP contribution in [0.5, 0.6) is 0 Å². The van der Waals surface area contributed by atoms with E-state index in [1.165, 1.54) is 17.4 Å². The van der Waals surface area contributed by atoms with Gasteiger partial charge in [0.2, 0.25) is 0 Å². The first-order chi connectivity index (χ1) is 13.9. The van der Waals surface area contributed by atoms with Crippen LogP contribution in [0.2, 0.25) is 5.02 Å². The van der Waals surface area contributed by atoms with Gasteiger partial charge in [0.15, 0.2) is 11.7 Å². The number of hydrogen-bond donors (Lipinski definition) is 1. The molecule has 150 valence electrons. The Hall–Kier alpha value is -2.90. The van der Waals surface area contributed by atoms with Crippen molar-refractivity contribution in [3.05, 3.63) is 69.5 Å². The van der Waals surface area contributed by atoms with Crippen molar-refractivity contribution in [3.63, 3.8) is 0 Å². The van der Waals surface area contributed by atoms with Gasteiger partial charge in [-0.2, -0.15) is 0 Å². The lowest BCUT2D eigenvalue weighted by atomic mass is 10.2. The van der Waals surface area contributed by atoms with E-state index in [1.807, 2.05) is 29.9 Å². The highest BCUT2D eigenvalue weighted by Crippen LogP contribution is 2.24. The molecule has 1 aromatic carbocycles. The number of carbonyl (C=O) groups excluding carboxylic acids is 2. The monoisotopic (exact) mass is 429 g/mol. The molecule has 3 aromatic rings. The van der Waals surface area contributed by atoms with Crippen LogP contribution in [0.3, 0.4) is 0 Å². The average molecular weight is 430 g/mol. The van der Waals surface area contributed by atoms with Gasteiger partial charge in [0.1, 0.15) is 0 Å². The van der Waals surface area contributed by atoms with E-state index in [-0.39, 0.29) is 6.61 Å². The third-order valence-electron chi connectivity index (χ3n) is 4.37. The average Bonchev–Trinajstić information content (AvgIpc) is 3.30. The number of aryl methyl sites for hydroxylation is 1. The summed E-state index contributed by atoms with van der Waals surface area (Å²) in [6.45, 7) is 5.36. The first-order valence-electron chi connectivity index (χ1n) is 8.85. The number of aromatic nitrogens is 2. The van der Waals surface area contributed by atoms with Crippen molar-refractivity contribution < 1.29 is 14.3 Å². The summed E-state index contributed by atoms with van der Waals surface area (Å²) in [7, 11) is 0. The number of anilines is 1. The van der Waals surface area contributed by atoms with Gasteiger partial charge in [0, 0.05) is 39.8 Å². The molecule has 1 amide bonds. The topological polar surface area (TPSA) is 73.2 Å². The fraction of sp³-hybridized carbons (Fsp3) is 0.190. The van der Waals surface area contributed by atoms with E-state index in [0.717, 1.165) is 27.6 Å². The van der Waals surface area contributed by atoms with Crippen molar-refractivity contribution in [3.8, 4) is 5.13 Å². The standard InChI is InChI=1S/C21H20ClN3O3S/c1-13-11-16(15(3)25(13)21-23-9-10-29-21)7-8-20(27)28-12-19(26)24-18-6-4-5-17(22)14(18)2/h4-11H,12H2,1-3H3,(H,24,26)/b8-7+. The Bertz CT molecular complexity index is 1070. The number of hydrogen-bond acceptors (Lipinski definition) is 5. The van der Waals surface area contributed by atoms with Gasteiger partial charge in [0.25, 0.3) is 5.91 Å². The number of esters is 1. The van der Waals surface area contributed by atoms with Gasteiger partial charge in [-0.3, -0.25) is 9.36 Å². The molecule has 0 fully saturated rings. The molecule has 0 saturated heterocycles. The van der Waals surface area contributed by atoms with Crippen LogP contribution in [0.4, 0.5) is 5.69 Å². The van der Waals surface area contributed by atoms with E-state index in [1.54, 1.807) is 37.4 Å². The Morgan fingerprint density at radius 1 is 1.31 bits per heavy atom. The van der Waals surface area contributed by atoms with E-state index >= 15 is 0 Å². The lowest BCUT2D eigenvalue weighted by Gasteiger charge is -2.09. The molecule has 3 rings (SSSR count). The number of nitrogens with zero attached hydrogens (tertiary/aromatic N) is 2. The van der Waals surface area contributed by atoms with E-state index in [9.17, 15) is 9.59 Å². The minimum atomic E-state index is -0.595. The summed E-state index contributed by atoms with van der Waals surface area (Å²) >= 11 is 7.57. The maximum atomic E-state index is 12.0. The molecule has 8 heteroatoms. The van der Waals surface area contributed by atoms with Crippen LogP contribution in [-0.2, 0) is 14.3 Å². The zero-order valence-corrected chi connectivity index (χ0v) is 17.8. The highest BCUT2D eigenvalue weighted by Gasteiger charge is 2.12. The lowest BCUT2D eigenvalue weighted by molar-refractivity contribution is -0.142. The maximum Gasteiger partial charge on any atom is 0.331 e. The van der Waals surface area contributed by atoms with E-state index in [2.05, 4.69) is 10.3 Å². The summed E-state index contributed by atoms with van der Waals surface area (Å²) in [4.78, 5) is 28.3. The molecule has 0 atom stereocenters. The van der Waals surface area contributed by atoms with Gasteiger partial charge in [-0.05, 0) is 56.2 Å². The second kappa shape index (κ2) is 9.07. The van der Waals surface area contributed by atoms with Crippen molar-refractivity contribution in [2.45, 2.75) is 20.8 Å². The quantitative estimate of drug-likeness (QED) is 0.455. The maximum absolute atomic E-state index is 12.0. The zero-order valence-electron chi connectivity index (χ0n) is 16.2. The predicted octanol–water partition coefficient (Wildman–Crippen LogP) is 4.71. The van der Waals surface area contributed by atoms with E-state index in [0.29, 0.717) is 10.7 Å². The van der Waals surface area contributed by atoms with Gasteiger partial charge < -0.3 is 10.1 Å². The Morgan fingerprint density at radius 3 is 2.83 bits per heavy atom. The molecular formula is C21H20ClN3O3S. The SMILES string of the molecule is Cc1c(Cl)cccc1NC(=O)COC(=O)/C=C/c1cc(C)n(-c2nccs2)c1C. The van der Waals surface area contributed by atoms with Gasteiger partial charge in [-0.1, -0.05) is 17.7 Å². The lowest BCUT2D eigenvalue weighted by Crippen LogP contribution is -2.20. The molecule has 2 heterocycles. The number of amides is 1. The molecule has 0 saturated carbocycles. The Labute approximate surface area is 177 Å². The molecule has 0 aliphatic rings. The Kier molecular flexibility index (Phi) is 6.51. The summed E-state index contributed by atoms with van der Waals surface area (Å²) in [5.41, 5.74) is 4.21. The summed E-state index contributed by atoms with van der Waals surface area (Å²) in [6, 6.07) is 7.18. The molecule has 6 nitrogen and oxygen atoms in total. The predicted molar refractivity (Wildman–Crippen MR) is 116 cm³/mol. The molecule has 0 unspecified atom stereocenters. The normalized spacial score (nSPS) is 11.0. The summed E-state index contributed by atoms with van der Waals surface area (Å²) < 4.78 is 7.05. The number of thiazole rings is 1. The molecular weight excluding hydrogens is 410 g/mol. The van der Waals surface area contributed by atoms with Crippen LogP contribution in [-0.4, -0.2) is 28.0 Å². The number of halogens is 1. The molecule has 1 N–H and O–H groups in total. The summed E-state index contributed by atoms with van der Waals surface area (Å²) in [5.74, 6) is -1.03. The third kappa shape index (κ3) is 4.93. The van der Waals surface area contributed by atoms with Crippen LogP contribution in [0.25, 0.3) is 11.2 Å².